The number of H-pyrrole nitrogens is 1. The fourth-order valence-corrected chi connectivity index (χ4v) is 2.69. The first-order chi connectivity index (χ1) is 12.8. The molecule has 27 heavy (non-hydrogen) atoms. The summed E-state index contributed by atoms with van der Waals surface area (Å²) in [4.78, 5) is 0. The highest BCUT2D eigenvalue weighted by atomic mass is 35.5. The van der Waals surface area contributed by atoms with Gasteiger partial charge in [0.1, 0.15) is 24.1 Å². The number of nitriles is 1. The number of ether oxygens (including phenoxy) is 1. The van der Waals surface area contributed by atoms with Gasteiger partial charge in [0.2, 0.25) is 0 Å². The fraction of sp³-hybridized carbons (Fsp3) is 0.118. The van der Waals surface area contributed by atoms with Crippen LogP contribution in [0.1, 0.15) is 16.8 Å². The second kappa shape index (κ2) is 7.47. The average Bonchev–Trinajstić information content (AvgIpc) is 3.11. The Balaban J connectivity index is 1.98. The number of benzene rings is 2. The molecular formula is C17H9Cl2F3N4O. The van der Waals surface area contributed by atoms with Crippen molar-refractivity contribution >= 4 is 23.2 Å². The lowest BCUT2D eigenvalue weighted by Crippen LogP contribution is -2.06. The summed E-state index contributed by atoms with van der Waals surface area (Å²) in [6.45, 7) is -0.0932. The van der Waals surface area contributed by atoms with Crippen molar-refractivity contribution in [1.29, 1.82) is 5.26 Å². The molecule has 0 atom stereocenters. The summed E-state index contributed by atoms with van der Waals surface area (Å²) >= 11 is 12.0. The Morgan fingerprint density at radius 1 is 1.19 bits per heavy atom. The van der Waals surface area contributed by atoms with Crippen LogP contribution in [-0.4, -0.2) is 15.4 Å². The van der Waals surface area contributed by atoms with E-state index in [9.17, 15) is 13.2 Å². The zero-order valence-corrected chi connectivity index (χ0v) is 14.8. The highest BCUT2D eigenvalue weighted by Crippen LogP contribution is 2.36. The van der Waals surface area contributed by atoms with E-state index in [0.717, 1.165) is 12.1 Å². The maximum Gasteiger partial charge on any atom is 0.416 e. The second-order valence-corrected chi connectivity index (χ2v) is 6.18. The highest BCUT2D eigenvalue weighted by Gasteiger charge is 2.32. The minimum atomic E-state index is -4.61. The number of aromatic amines is 1. The van der Waals surface area contributed by atoms with Gasteiger partial charge in [-0.3, -0.25) is 0 Å². The van der Waals surface area contributed by atoms with Crippen LogP contribution in [0.2, 0.25) is 10.0 Å². The average molecular weight is 413 g/mol. The molecule has 0 unspecified atom stereocenters. The Morgan fingerprint density at radius 3 is 2.67 bits per heavy atom. The minimum Gasteiger partial charge on any atom is -0.489 e. The SMILES string of the molecule is N#Cc1[nH]nnc1-c1cc(OCc2cccc(Cl)c2Cl)cc(C(F)(F)F)c1. The molecule has 0 aliphatic rings. The van der Waals surface area contributed by atoms with Crippen LogP contribution in [0.15, 0.2) is 36.4 Å². The molecule has 0 bridgehead atoms. The summed E-state index contributed by atoms with van der Waals surface area (Å²) in [5.41, 5.74) is -0.448. The number of rotatable bonds is 4. The topological polar surface area (TPSA) is 74.6 Å². The standard InChI is InChI=1S/C17H9Cl2F3N4O/c18-13-3-1-2-9(15(13)19)8-27-12-5-10(4-11(6-12)17(20,21)22)16-14(7-23)24-26-25-16/h1-6H,8H2,(H,24,25,26). The first-order valence-electron chi connectivity index (χ1n) is 7.39. The zero-order chi connectivity index (χ0) is 19.6. The molecule has 2 aromatic carbocycles. The van der Waals surface area contributed by atoms with Gasteiger partial charge in [-0.05, 0) is 24.3 Å². The van der Waals surface area contributed by atoms with E-state index in [1.807, 2.05) is 0 Å². The van der Waals surface area contributed by atoms with Crippen molar-refractivity contribution < 1.29 is 17.9 Å². The molecule has 5 nitrogen and oxygen atoms in total. The Bertz CT molecular complexity index is 1030. The van der Waals surface area contributed by atoms with Crippen LogP contribution < -0.4 is 4.74 Å². The van der Waals surface area contributed by atoms with Crippen molar-refractivity contribution in [1.82, 2.24) is 15.4 Å². The van der Waals surface area contributed by atoms with E-state index in [1.165, 1.54) is 6.07 Å². The summed E-state index contributed by atoms with van der Waals surface area (Å²) < 4.78 is 45.2. The Labute approximate surface area is 161 Å². The quantitative estimate of drug-likeness (QED) is 0.634. The fourth-order valence-electron chi connectivity index (χ4n) is 2.31. The number of nitrogens with one attached hydrogen (secondary N) is 1. The lowest BCUT2D eigenvalue weighted by atomic mass is 10.1. The van der Waals surface area contributed by atoms with Gasteiger partial charge in [-0.1, -0.05) is 40.5 Å². The Hall–Kier alpha value is -2.76. The number of hydrogen-bond donors (Lipinski definition) is 1. The molecule has 0 saturated heterocycles. The number of aromatic nitrogens is 3. The van der Waals surface area contributed by atoms with Crippen LogP contribution in [0.3, 0.4) is 0 Å². The smallest absolute Gasteiger partial charge is 0.416 e. The minimum absolute atomic E-state index is 0.00534. The van der Waals surface area contributed by atoms with Gasteiger partial charge in [-0.2, -0.15) is 18.4 Å². The molecule has 0 aliphatic carbocycles. The van der Waals surface area contributed by atoms with E-state index in [0.29, 0.717) is 10.6 Å². The number of alkyl halides is 3. The van der Waals surface area contributed by atoms with Gasteiger partial charge in [0, 0.05) is 11.1 Å². The third-order valence-corrected chi connectivity index (χ3v) is 4.45. The summed E-state index contributed by atoms with van der Waals surface area (Å²) in [7, 11) is 0. The summed E-state index contributed by atoms with van der Waals surface area (Å²) in [6, 6.07) is 9.74. The maximum absolute atomic E-state index is 13.2. The van der Waals surface area contributed by atoms with Crippen LogP contribution in [0.25, 0.3) is 11.3 Å². The van der Waals surface area contributed by atoms with E-state index in [1.54, 1.807) is 24.3 Å². The predicted octanol–water partition coefficient (Wildman–Crippen LogP) is 5.25. The van der Waals surface area contributed by atoms with E-state index in [2.05, 4.69) is 15.4 Å². The van der Waals surface area contributed by atoms with Crippen molar-refractivity contribution in [3.63, 3.8) is 0 Å². The van der Waals surface area contributed by atoms with Crippen molar-refractivity contribution in [3.05, 3.63) is 63.3 Å². The largest absolute Gasteiger partial charge is 0.489 e. The maximum atomic E-state index is 13.2. The molecule has 0 aliphatic heterocycles. The molecule has 1 aromatic heterocycles. The van der Waals surface area contributed by atoms with Gasteiger partial charge in [-0.15, -0.1) is 5.10 Å². The lowest BCUT2D eigenvalue weighted by Gasteiger charge is -2.13. The normalized spacial score (nSPS) is 11.3. The van der Waals surface area contributed by atoms with Crippen molar-refractivity contribution in [3.8, 4) is 23.1 Å². The monoisotopic (exact) mass is 412 g/mol. The van der Waals surface area contributed by atoms with Gasteiger partial charge >= 0.3 is 6.18 Å². The van der Waals surface area contributed by atoms with Gasteiger partial charge in [0.25, 0.3) is 0 Å². The number of nitrogens with zero attached hydrogens (tertiary/aromatic N) is 3. The van der Waals surface area contributed by atoms with Crippen LogP contribution >= 0.6 is 23.2 Å². The van der Waals surface area contributed by atoms with Crippen molar-refractivity contribution in [2.45, 2.75) is 12.8 Å². The first-order valence-corrected chi connectivity index (χ1v) is 8.14. The summed E-state index contributed by atoms with van der Waals surface area (Å²) in [6.07, 6.45) is -4.61. The molecular weight excluding hydrogens is 404 g/mol. The van der Waals surface area contributed by atoms with E-state index in [4.69, 9.17) is 33.2 Å². The molecule has 0 radical (unpaired) electrons. The highest BCUT2D eigenvalue weighted by molar-refractivity contribution is 6.42. The molecule has 1 N–H and O–H groups in total. The molecule has 3 rings (SSSR count). The predicted molar refractivity (Wildman–Crippen MR) is 92.3 cm³/mol. The van der Waals surface area contributed by atoms with E-state index < -0.39 is 11.7 Å². The molecule has 0 fully saturated rings. The van der Waals surface area contributed by atoms with Crippen molar-refractivity contribution in [2.75, 3.05) is 0 Å². The Kier molecular flexibility index (Phi) is 5.26. The third kappa shape index (κ3) is 4.15. The lowest BCUT2D eigenvalue weighted by molar-refractivity contribution is -0.137. The molecule has 10 heteroatoms. The molecule has 0 spiro atoms. The summed E-state index contributed by atoms with van der Waals surface area (Å²) in [5.74, 6) is -0.0669. The molecule has 0 amide bonds. The molecule has 1 heterocycles. The van der Waals surface area contributed by atoms with Gasteiger partial charge in [-0.25, -0.2) is 5.10 Å². The van der Waals surface area contributed by atoms with Crippen LogP contribution in [0.5, 0.6) is 5.75 Å². The Morgan fingerprint density at radius 2 is 1.96 bits per heavy atom. The first kappa shape index (κ1) is 19.0. The van der Waals surface area contributed by atoms with E-state index in [-0.39, 0.29) is 34.3 Å². The van der Waals surface area contributed by atoms with Gasteiger partial charge in [0.15, 0.2) is 5.69 Å². The summed E-state index contributed by atoms with van der Waals surface area (Å²) in [5, 5.41) is 19.1. The van der Waals surface area contributed by atoms with Crippen LogP contribution in [-0.2, 0) is 12.8 Å². The molecule has 3 aromatic rings. The second-order valence-electron chi connectivity index (χ2n) is 5.39. The zero-order valence-electron chi connectivity index (χ0n) is 13.3. The number of hydrogen-bond acceptors (Lipinski definition) is 4. The van der Waals surface area contributed by atoms with Gasteiger partial charge in [0.05, 0.1) is 15.6 Å². The molecule has 0 saturated carbocycles. The van der Waals surface area contributed by atoms with Crippen molar-refractivity contribution in [2.24, 2.45) is 0 Å². The number of halogens is 5. The van der Waals surface area contributed by atoms with Gasteiger partial charge < -0.3 is 4.74 Å². The third-order valence-electron chi connectivity index (χ3n) is 3.59. The molecule has 138 valence electrons. The van der Waals surface area contributed by atoms with Crippen LogP contribution in [0, 0.1) is 11.3 Å². The van der Waals surface area contributed by atoms with E-state index >= 15 is 0 Å². The van der Waals surface area contributed by atoms with Crippen LogP contribution in [0.4, 0.5) is 13.2 Å².